The first-order valence-corrected chi connectivity index (χ1v) is 4.93. The summed E-state index contributed by atoms with van der Waals surface area (Å²) < 4.78 is 50.9. The Hall–Kier alpha value is -1.89. The van der Waals surface area contributed by atoms with Crippen LogP contribution in [-0.2, 0) is 12.8 Å². The van der Waals surface area contributed by atoms with E-state index in [9.17, 15) is 17.6 Å². The number of nitrogens with one attached hydrogen (secondary N) is 1. The van der Waals surface area contributed by atoms with Crippen molar-refractivity contribution in [2.75, 3.05) is 0 Å². The lowest BCUT2D eigenvalue weighted by molar-refractivity contribution is -0.137. The van der Waals surface area contributed by atoms with Crippen molar-refractivity contribution in [3.8, 4) is 11.4 Å². The average Bonchev–Trinajstić information content (AvgIpc) is 2.76. The third-order valence-electron chi connectivity index (χ3n) is 2.35. The highest BCUT2D eigenvalue weighted by atomic mass is 19.4. The molecule has 0 saturated carbocycles. The molecular formula is C11H8F4N2O. The molecule has 1 heterocycles. The first-order valence-electron chi connectivity index (χ1n) is 4.93. The topological polar surface area (TPSA) is 48.9 Å². The molecule has 0 spiro atoms. The van der Waals surface area contributed by atoms with Gasteiger partial charge in [-0.25, -0.2) is 9.37 Å². The largest absolute Gasteiger partial charge is 0.416 e. The average molecular weight is 260 g/mol. The maximum Gasteiger partial charge on any atom is 0.416 e. The normalized spacial score (nSPS) is 11.8. The highest BCUT2D eigenvalue weighted by Gasteiger charge is 2.31. The van der Waals surface area contributed by atoms with Gasteiger partial charge < -0.3 is 10.1 Å². The molecule has 2 N–H and O–H groups in total. The second-order valence-electron chi connectivity index (χ2n) is 3.61. The zero-order valence-electron chi connectivity index (χ0n) is 8.92. The Kier molecular flexibility index (Phi) is 3.08. The highest BCUT2D eigenvalue weighted by molar-refractivity contribution is 5.57. The van der Waals surface area contributed by atoms with Crippen molar-refractivity contribution in [3.05, 3.63) is 41.5 Å². The Labute approximate surface area is 99.1 Å². The standard InChI is InChI=1S/C11H8F4N2O/c12-9-2-1-6(11(13,14)15)3-8(9)10-16-4-7(5-18)17-10/h1-4,18H,5H2,(H,16,17). The molecule has 0 aliphatic heterocycles. The van der Waals surface area contributed by atoms with Crippen LogP contribution in [0.3, 0.4) is 0 Å². The molecule has 2 aromatic rings. The van der Waals surface area contributed by atoms with E-state index < -0.39 is 17.6 Å². The number of rotatable bonds is 2. The summed E-state index contributed by atoms with van der Waals surface area (Å²) in [5, 5.41) is 8.81. The molecule has 7 heteroatoms. The minimum Gasteiger partial charge on any atom is -0.390 e. The molecule has 3 nitrogen and oxygen atoms in total. The molecule has 1 aromatic heterocycles. The van der Waals surface area contributed by atoms with E-state index in [2.05, 4.69) is 9.97 Å². The number of aliphatic hydroxyl groups is 1. The molecule has 0 saturated heterocycles. The Morgan fingerprint density at radius 2 is 2.00 bits per heavy atom. The number of nitrogens with zero attached hydrogens (tertiary/aromatic N) is 1. The Morgan fingerprint density at radius 3 is 2.56 bits per heavy atom. The molecule has 0 bridgehead atoms. The van der Waals surface area contributed by atoms with E-state index in [1.54, 1.807) is 0 Å². The number of imidazole rings is 1. The number of benzene rings is 1. The quantitative estimate of drug-likeness (QED) is 0.815. The molecule has 0 radical (unpaired) electrons. The van der Waals surface area contributed by atoms with Gasteiger partial charge in [0.2, 0.25) is 0 Å². The summed E-state index contributed by atoms with van der Waals surface area (Å²) in [5.74, 6) is -0.871. The number of aromatic nitrogens is 2. The van der Waals surface area contributed by atoms with Crippen molar-refractivity contribution in [2.24, 2.45) is 0 Å². The van der Waals surface area contributed by atoms with E-state index in [0.717, 1.165) is 6.07 Å². The zero-order valence-corrected chi connectivity index (χ0v) is 8.92. The van der Waals surface area contributed by atoms with Gasteiger partial charge >= 0.3 is 6.18 Å². The van der Waals surface area contributed by atoms with Crippen molar-refractivity contribution in [1.82, 2.24) is 9.97 Å². The van der Waals surface area contributed by atoms with E-state index in [-0.39, 0.29) is 18.0 Å². The SMILES string of the molecule is OCc1cnc(-c2cc(C(F)(F)F)ccc2F)[nH]1. The Bertz CT molecular complexity index is 562. The number of alkyl halides is 3. The van der Waals surface area contributed by atoms with Crippen LogP contribution in [0.4, 0.5) is 17.6 Å². The van der Waals surface area contributed by atoms with Crippen LogP contribution in [0.25, 0.3) is 11.4 Å². The summed E-state index contributed by atoms with van der Waals surface area (Å²) in [5.41, 5.74) is -0.952. The fourth-order valence-electron chi connectivity index (χ4n) is 1.46. The summed E-state index contributed by atoms with van der Waals surface area (Å²) in [6, 6.07) is 2.07. The number of halogens is 4. The second kappa shape index (κ2) is 4.41. The first kappa shape index (κ1) is 12.6. The van der Waals surface area contributed by atoms with Crippen LogP contribution in [0.2, 0.25) is 0 Å². The Morgan fingerprint density at radius 1 is 1.28 bits per heavy atom. The number of hydrogen-bond donors (Lipinski definition) is 2. The van der Waals surface area contributed by atoms with Crippen LogP contribution >= 0.6 is 0 Å². The van der Waals surface area contributed by atoms with Gasteiger partial charge in [-0.2, -0.15) is 13.2 Å². The predicted molar refractivity (Wildman–Crippen MR) is 54.9 cm³/mol. The highest BCUT2D eigenvalue weighted by Crippen LogP contribution is 2.32. The van der Waals surface area contributed by atoms with Crippen LogP contribution in [0, 0.1) is 5.82 Å². The van der Waals surface area contributed by atoms with E-state index in [1.807, 2.05) is 0 Å². The number of aliphatic hydroxyl groups excluding tert-OH is 1. The monoisotopic (exact) mass is 260 g/mol. The van der Waals surface area contributed by atoms with Crippen molar-refractivity contribution < 1.29 is 22.7 Å². The molecule has 0 amide bonds. The van der Waals surface area contributed by atoms with Crippen LogP contribution in [0.1, 0.15) is 11.3 Å². The fraction of sp³-hybridized carbons (Fsp3) is 0.182. The van der Waals surface area contributed by atoms with Crippen LogP contribution < -0.4 is 0 Å². The van der Waals surface area contributed by atoms with Gasteiger partial charge in [0.05, 0.1) is 29.6 Å². The Balaban J connectivity index is 2.49. The summed E-state index contributed by atoms with van der Waals surface area (Å²) >= 11 is 0. The summed E-state index contributed by atoms with van der Waals surface area (Å²) in [4.78, 5) is 6.25. The number of hydrogen-bond acceptors (Lipinski definition) is 2. The van der Waals surface area contributed by atoms with Gasteiger partial charge in [-0.3, -0.25) is 0 Å². The molecule has 0 fully saturated rings. The minimum absolute atomic E-state index is 0.0531. The molecule has 1 aromatic carbocycles. The van der Waals surface area contributed by atoms with Gasteiger partial charge in [0, 0.05) is 0 Å². The van der Waals surface area contributed by atoms with Crippen molar-refractivity contribution in [1.29, 1.82) is 0 Å². The van der Waals surface area contributed by atoms with Crippen LogP contribution in [0.5, 0.6) is 0 Å². The molecule has 0 aliphatic rings. The van der Waals surface area contributed by atoms with Gasteiger partial charge in [0.15, 0.2) is 0 Å². The fourth-order valence-corrected chi connectivity index (χ4v) is 1.46. The van der Waals surface area contributed by atoms with Gasteiger partial charge in [-0.15, -0.1) is 0 Å². The van der Waals surface area contributed by atoms with Crippen molar-refractivity contribution in [2.45, 2.75) is 12.8 Å². The van der Waals surface area contributed by atoms with E-state index >= 15 is 0 Å². The lowest BCUT2D eigenvalue weighted by Crippen LogP contribution is -2.05. The maximum absolute atomic E-state index is 13.5. The third-order valence-corrected chi connectivity index (χ3v) is 2.35. The van der Waals surface area contributed by atoms with Gasteiger partial charge in [0.1, 0.15) is 11.6 Å². The van der Waals surface area contributed by atoms with Gasteiger partial charge in [-0.05, 0) is 18.2 Å². The van der Waals surface area contributed by atoms with Crippen LogP contribution in [-0.4, -0.2) is 15.1 Å². The van der Waals surface area contributed by atoms with Gasteiger partial charge in [-0.1, -0.05) is 0 Å². The summed E-state index contributed by atoms with van der Waals surface area (Å²) in [6.45, 7) is -0.354. The molecule has 2 rings (SSSR count). The smallest absolute Gasteiger partial charge is 0.390 e. The van der Waals surface area contributed by atoms with Crippen molar-refractivity contribution in [3.63, 3.8) is 0 Å². The minimum atomic E-state index is -4.55. The number of aromatic amines is 1. The lowest BCUT2D eigenvalue weighted by Gasteiger charge is -2.08. The lowest BCUT2D eigenvalue weighted by atomic mass is 10.1. The van der Waals surface area contributed by atoms with Crippen molar-refractivity contribution >= 4 is 0 Å². The molecular weight excluding hydrogens is 252 g/mol. The summed E-state index contributed by atoms with van der Waals surface area (Å²) in [6.07, 6.45) is -3.32. The second-order valence-corrected chi connectivity index (χ2v) is 3.61. The first-order chi connectivity index (χ1) is 8.41. The predicted octanol–water partition coefficient (Wildman–Crippen LogP) is 2.73. The number of H-pyrrole nitrogens is 1. The zero-order chi connectivity index (χ0) is 13.3. The maximum atomic E-state index is 13.5. The van der Waals surface area contributed by atoms with Crippen LogP contribution in [0.15, 0.2) is 24.4 Å². The molecule has 0 atom stereocenters. The molecule has 0 unspecified atom stereocenters. The molecule has 0 aliphatic carbocycles. The molecule has 96 valence electrons. The van der Waals surface area contributed by atoms with E-state index in [4.69, 9.17) is 5.11 Å². The third kappa shape index (κ3) is 2.35. The van der Waals surface area contributed by atoms with E-state index in [1.165, 1.54) is 6.20 Å². The summed E-state index contributed by atoms with van der Waals surface area (Å²) in [7, 11) is 0. The molecule has 18 heavy (non-hydrogen) atoms. The van der Waals surface area contributed by atoms with Gasteiger partial charge in [0.25, 0.3) is 0 Å². The van der Waals surface area contributed by atoms with E-state index in [0.29, 0.717) is 17.8 Å².